The Morgan fingerprint density at radius 2 is 1.89 bits per heavy atom. The fourth-order valence-electron chi connectivity index (χ4n) is 2.91. The highest BCUT2D eigenvalue weighted by molar-refractivity contribution is 5.31. The number of hydrogen-bond donors (Lipinski definition) is 1. The summed E-state index contributed by atoms with van der Waals surface area (Å²) in [7, 11) is 0. The average Bonchev–Trinajstić information content (AvgIpc) is 2.37. The summed E-state index contributed by atoms with van der Waals surface area (Å²) in [5.74, 6) is 0.837. The lowest BCUT2D eigenvalue weighted by Crippen LogP contribution is -2.23. The van der Waals surface area contributed by atoms with E-state index in [1.165, 1.54) is 18.4 Å². The van der Waals surface area contributed by atoms with E-state index in [-0.39, 0.29) is 0 Å². The second kappa shape index (κ2) is 6.53. The number of benzene rings is 1. The van der Waals surface area contributed by atoms with Crippen molar-refractivity contribution >= 4 is 0 Å². The van der Waals surface area contributed by atoms with E-state index < -0.39 is 6.10 Å². The smallest absolute Gasteiger partial charge is 0.103 e. The highest BCUT2D eigenvalue weighted by Crippen LogP contribution is 2.27. The fraction of sp³-hybridized carbons (Fsp3) is 0.647. The van der Waals surface area contributed by atoms with Gasteiger partial charge < -0.3 is 9.84 Å². The zero-order valence-corrected chi connectivity index (χ0v) is 12.4. The van der Waals surface area contributed by atoms with Crippen LogP contribution in [0, 0.1) is 19.8 Å². The van der Waals surface area contributed by atoms with Gasteiger partial charge in [0.05, 0.1) is 12.7 Å². The van der Waals surface area contributed by atoms with Crippen LogP contribution in [0.25, 0.3) is 0 Å². The van der Waals surface area contributed by atoms with Crippen molar-refractivity contribution < 1.29 is 9.84 Å². The van der Waals surface area contributed by atoms with E-state index in [1.807, 2.05) is 19.1 Å². The molecule has 0 saturated heterocycles. The van der Waals surface area contributed by atoms with Crippen LogP contribution in [0.5, 0.6) is 0 Å². The molecule has 1 aromatic carbocycles. The summed E-state index contributed by atoms with van der Waals surface area (Å²) in [6.07, 6.45) is 4.63. The molecule has 2 rings (SSSR count). The van der Waals surface area contributed by atoms with Gasteiger partial charge in [-0.05, 0) is 56.6 Å². The topological polar surface area (TPSA) is 29.5 Å². The predicted octanol–water partition coefficient (Wildman–Crippen LogP) is 3.93. The number of aryl methyl sites for hydroxylation is 2. The van der Waals surface area contributed by atoms with Crippen LogP contribution >= 0.6 is 0 Å². The van der Waals surface area contributed by atoms with E-state index in [0.29, 0.717) is 12.7 Å². The van der Waals surface area contributed by atoms with Crippen molar-refractivity contribution in [1.82, 2.24) is 0 Å². The Morgan fingerprint density at radius 3 is 2.53 bits per heavy atom. The molecule has 0 aliphatic heterocycles. The highest BCUT2D eigenvalue weighted by atomic mass is 16.5. The Labute approximate surface area is 116 Å². The minimum atomic E-state index is -0.500. The largest absolute Gasteiger partial charge is 0.386 e. The third-order valence-corrected chi connectivity index (χ3v) is 4.24. The minimum absolute atomic E-state index is 0.344. The van der Waals surface area contributed by atoms with E-state index in [9.17, 15) is 5.11 Å². The van der Waals surface area contributed by atoms with Gasteiger partial charge in [0.25, 0.3) is 0 Å². The number of hydrogen-bond acceptors (Lipinski definition) is 2. The van der Waals surface area contributed by atoms with E-state index in [0.717, 1.165) is 29.9 Å². The van der Waals surface area contributed by atoms with E-state index >= 15 is 0 Å². The molecule has 1 atom stereocenters. The number of ether oxygens (including phenoxy) is 1. The first kappa shape index (κ1) is 14.5. The molecule has 1 aliphatic carbocycles. The predicted molar refractivity (Wildman–Crippen MR) is 78.2 cm³/mol. The van der Waals surface area contributed by atoms with Crippen molar-refractivity contribution in [3.05, 3.63) is 34.9 Å². The molecule has 0 aromatic heterocycles. The summed E-state index contributed by atoms with van der Waals surface area (Å²) in [5.41, 5.74) is 3.37. The van der Waals surface area contributed by atoms with Gasteiger partial charge in [-0.25, -0.2) is 0 Å². The Morgan fingerprint density at radius 1 is 1.21 bits per heavy atom. The lowest BCUT2D eigenvalue weighted by Gasteiger charge is -2.27. The van der Waals surface area contributed by atoms with Crippen LogP contribution in [-0.4, -0.2) is 17.8 Å². The van der Waals surface area contributed by atoms with Crippen LogP contribution in [0.4, 0.5) is 0 Å². The zero-order chi connectivity index (χ0) is 13.8. The van der Waals surface area contributed by atoms with Crippen molar-refractivity contribution in [1.29, 1.82) is 0 Å². The Balaban J connectivity index is 1.85. The molecule has 0 bridgehead atoms. The van der Waals surface area contributed by atoms with Gasteiger partial charge >= 0.3 is 0 Å². The Bertz CT molecular complexity index is 406. The molecule has 2 nitrogen and oxygen atoms in total. The maximum absolute atomic E-state index is 10.2. The first-order chi connectivity index (χ1) is 9.06. The molecule has 2 heteroatoms. The molecule has 1 aromatic rings. The van der Waals surface area contributed by atoms with Gasteiger partial charge in [0, 0.05) is 0 Å². The van der Waals surface area contributed by atoms with Gasteiger partial charge in [0.2, 0.25) is 0 Å². The number of aliphatic hydroxyl groups excluding tert-OH is 1. The van der Waals surface area contributed by atoms with Crippen LogP contribution in [0.2, 0.25) is 0 Å². The summed E-state index contributed by atoms with van der Waals surface area (Å²) < 4.78 is 5.88. The van der Waals surface area contributed by atoms with Crippen molar-refractivity contribution in [2.45, 2.75) is 58.7 Å². The standard InChI is InChI=1S/C17H26O2/c1-12-4-7-15(8-5-12)19-11-17(18)16-9-6-13(2)10-14(16)3/h6,9-10,12,15,17-18H,4-5,7-8,11H2,1-3H3. The average molecular weight is 262 g/mol. The van der Waals surface area contributed by atoms with Crippen molar-refractivity contribution in [3.8, 4) is 0 Å². The molecule has 0 radical (unpaired) electrons. The molecule has 0 heterocycles. The molecule has 106 valence electrons. The number of rotatable bonds is 4. The molecule has 1 aliphatic rings. The molecule has 1 N–H and O–H groups in total. The third kappa shape index (κ3) is 4.05. The van der Waals surface area contributed by atoms with Gasteiger partial charge in [-0.1, -0.05) is 30.7 Å². The first-order valence-electron chi connectivity index (χ1n) is 7.43. The van der Waals surface area contributed by atoms with E-state index in [1.54, 1.807) is 0 Å². The highest BCUT2D eigenvalue weighted by Gasteiger charge is 2.20. The summed E-state index contributed by atoms with van der Waals surface area (Å²) >= 11 is 0. The summed E-state index contributed by atoms with van der Waals surface area (Å²) in [4.78, 5) is 0. The molecule has 0 spiro atoms. The molecular weight excluding hydrogens is 236 g/mol. The second-order valence-corrected chi connectivity index (χ2v) is 6.09. The quantitative estimate of drug-likeness (QED) is 0.890. The van der Waals surface area contributed by atoms with Crippen LogP contribution in [0.3, 0.4) is 0 Å². The minimum Gasteiger partial charge on any atom is -0.386 e. The normalized spacial score (nSPS) is 25.3. The zero-order valence-electron chi connectivity index (χ0n) is 12.4. The van der Waals surface area contributed by atoms with Gasteiger partial charge in [0.1, 0.15) is 6.10 Å². The monoisotopic (exact) mass is 262 g/mol. The van der Waals surface area contributed by atoms with Gasteiger partial charge in [0.15, 0.2) is 0 Å². The van der Waals surface area contributed by atoms with Gasteiger partial charge in [-0.15, -0.1) is 0 Å². The van der Waals surface area contributed by atoms with Crippen molar-refractivity contribution in [2.75, 3.05) is 6.61 Å². The van der Waals surface area contributed by atoms with Gasteiger partial charge in [-0.2, -0.15) is 0 Å². The maximum atomic E-state index is 10.2. The molecular formula is C17H26O2. The van der Waals surface area contributed by atoms with Gasteiger partial charge in [-0.3, -0.25) is 0 Å². The second-order valence-electron chi connectivity index (χ2n) is 6.09. The molecule has 19 heavy (non-hydrogen) atoms. The van der Waals surface area contributed by atoms with Crippen LogP contribution < -0.4 is 0 Å². The number of aliphatic hydroxyl groups is 1. The first-order valence-corrected chi connectivity index (χ1v) is 7.43. The Hall–Kier alpha value is -0.860. The molecule has 1 fully saturated rings. The molecule has 1 saturated carbocycles. The third-order valence-electron chi connectivity index (χ3n) is 4.24. The molecule has 1 unspecified atom stereocenters. The van der Waals surface area contributed by atoms with E-state index in [4.69, 9.17) is 4.74 Å². The van der Waals surface area contributed by atoms with Crippen molar-refractivity contribution in [3.63, 3.8) is 0 Å². The van der Waals surface area contributed by atoms with Crippen LogP contribution in [0.1, 0.15) is 55.4 Å². The lowest BCUT2D eigenvalue weighted by molar-refractivity contribution is -0.0295. The SMILES string of the molecule is Cc1ccc(C(O)COC2CCC(C)CC2)c(C)c1. The maximum Gasteiger partial charge on any atom is 0.103 e. The summed E-state index contributed by atoms with van der Waals surface area (Å²) in [6, 6.07) is 6.18. The summed E-state index contributed by atoms with van der Waals surface area (Å²) in [6.45, 7) is 6.85. The van der Waals surface area contributed by atoms with E-state index in [2.05, 4.69) is 19.9 Å². The van der Waals surface area contributed by atoms with Crippen LogP contribution in [-0.2, 0) is 4.74 Å². The van der Waals surface area contributed by atoms with Crippen molar-refractivity contribution in [2.24, 2.45) is 5.92 Å². The lowest BCUT2D eigenvalue weighted by atomic mass is 9.89. The van der Waals surface area contributed by atoms with Crippen LogP contribution in [0.15, 0.2) is 18.2 Å². The summed E-state index contributed by atoms with van der Waals surface area (Å²) in [5, 5.41) is 10.2. The molecule has 0 amide bonds. The Kier molecular flexibility index (Phi) is 5.00. The fourth-order valence-corrected chi connectivity index (χ4v) is 2.91.